The molecular weight excluding hydrogens is 388 g/mol. The summed E-state index contributed by atoms with van der Waals surface area (Å²) in [4.78, 5) is 28.5. The van der Waals surface area contributed by atoms with Crippen molar-refractivity contribution >= 4 is 22.4 Å². The fourth-order valence-corrected chi connectivity index (χ4v) is 3.84. The van der Waals surface area contributed by atoms with Crippen molar-refractivity contribution in [1.29, 1.82) is 0 Å². The molecular formula is C26H24N2O3. The molecule has 0 fully saturated rings. The van der Waals surface area contributed by atoms with Gasteiger partial charge >= 0.3 is 0 Å². The molecule has 0 aliphatic heterocycles. The van der Waals surface area contributed by atoms with E-state index in [9.17, 15) is 9.59 Å². The van der Waals surface area contributed by atoms with Crippen molar-refractivity contribution < 1.29 is 9.53 Å². The lowest BCUT2D eigenvalue weighted by Crippen LogP contribution is -2.29. The van der Waals surface area contributed by atoms with Crippen molar-refractivity contribution in [3.8, 4) is 11.4 Å². The molecule has 0 saturated heterocycles. The predicted octanol–water partition coefficient (Wildman–Crippen LogP) is 4.84. The highest BCUT2D eigenvalue weighted by Crippen LogP contribution is 2.25. The molecule has 0 atom stereocenters. The minimum Gasteiger partial charge on any atom is -0.497 e. The van der Waals surface area contributed by atoms with Crippen LogP contribution >= 0.6 is 0 Å². The van der Waals surface area contributed by atoms with Gasteiger partial charge in [0.25, 0.3) is 11.5 Å². The van der Waals surface area contributed by atoms with Crippen molar-refractivity contribution in [3.63, 3.8) is 0 Å². The number of hydrogen-bond donors (Lipinski definition) is 0. The first-order valence-electron chi connectivity index (χ1n) is 10.2. The van der Waals surface area contributed by atoms with Crippen LogP contribution in [0.5, 0.6) is 5.75 Å². The van der Waals surface area contributed by atoms with Crippen LogP contribution in [0.3, 0.4) is 0 Å². The second kappa shape index (κ2) is 8.48. The summed E-state index contributed by atoms with van der Waals surface area (Å²) in [5.41, 5.74) is 2.87. The highest BCUT2D eigenvalue weighted by atomic mass is 16.5. The number of hydrogen-bond acceptors (Lipinski definition) is 3. The lowest BCUT2D eigenvalue weighted by molar-refractivity contribution is 0.0994. The van der Waals surface area contributed by atoms with Crippen LogP contribution in [0, 0.1) is 0 Å². The molecule has 4 aromatic rings. The van der Waals surface area contributed by atoms with Gasteiger partial charge in [0.15, 0.2) is 0 Å². The van der Waals surface area contributed by atoms with E-state index in [4.69, 9.17) is 4.74 Å². The standard InChI is InChI=1S/C26H24N2O3/c1-4-18-10-5-8-15-24(18)27(2)25(29)23-17-28(19-11-9-12-20(16-19)31-3)26(30)22-14-7-6-13-21(22)23/h5-17H,4H2,1-3H3. The number of anilines is 1. The minimum atomic E-state index is -0.183. The van der Waals surface area contributed by atoms with Gasteiger partial charge in [-0.05, 0) is 36.2 Å². The van der Waals surface area contributed by atoms with Crippen molar-refractivity contribution in [2.45, 2.75) is 13.3 Å². The van der Waals surface area contributed by atoms with E-state index in [0.717, 1.165) is 17.7 Å². The number of aryl methyl sites for hydroxylation is 1. The molecule has 3 aromatic carbocycles. The maximum Gasteiger partial charge on any atom is 0.262 e. The summed E-state index contributed by atoms with van der Waals surface area (Å²) in [6, 6.07) is 22.3. The first-order valence-corrected chi connectivity index (χ1v) is 10.2. The van der Waals surface area contributed by atoms with E-state index in [1.165, 1.54) is 4.57 Å². The zero-order chi connectivity index (χ0) is 22.0. The van der Waals surface area contributed by atoms with Gasteiger partial charge in [-0.25, -0.2) is 0 Å². The molecule has 1 amide bonds. The van der Waals surface area contributed by atoms with Crippen molar-refractivity contribution in [3.05, 3.63) is 100 Å². The van der Waals surface area contributed by atoms with Crippen LogP contribution in [0.1, 0.15) is 22.8 Å². The molecule has 0 aliphatic carbocycles. The van der Waals surface area contributed by atoms with Gasteiger partial charge in [0.05, 0.1) is 18.4 Å². The van der Waals surface area contributed by atoms with Gasteiger partial charge in [-0.15, -0.1) is 0 Å². The Balaban J connectivity index is 1.92. The van der Waals surface area contributed by atoms with E-state index in [-0.39, 0.29) is 11.5 Å². The minimum absolute atomic E-state index is 0.172. The second-order valence-electron chi connectivity index (χ2n) is 7.31. The van der Waals surface area contributed by atoms with Crippen LogP contribution in [0.25, 0.3) is 16.5 Å². The summed E-state index contributed by atoms with van der Waals surface area (Å²) in [5, 5.41) is 1.13. The first-order chi connectivity index (χ1) is 15.0. The van der Waals surface area contributed by atoms with E-state index in [2.05, 4.69) is 6.92 Å². The fourth-order valence-electron chi connectivity index (χ4n) is 3.84. The molecule has 0 aliphatic rings. The Hall–Kier alpha value is -3.86. The van der Waals surface area contributed by atoms with Gasteiger partial charge in [0.1, 0.15) is 5.75 Å². The molecule has 0 spiro atoms. The molecule has 5 nitrogen and oxygen atoms in total. The molecule has 4 rings (SSSR count). The maximum atomic E-state index is 13.6. The molecule has 1 aromatic heterocycles. The number of amides is 1. The predicted molar refractivity (Wildman–Crippen MR) is 125 cm³/mol. The molecule has 0 unspecified atom stereocenters. The summed E-state index contributed by atoms with van der Waals surface area (Å²) in [5.74, 6) is 0.466. The Morgan fingerprint density at radius 1 is 0.968 bits per heavy atom. The Bertz CT molecular complexity index is 1320. The largest absolute Gasteiger partial charge is 0.497 e. The fraction of sp³-hybridized carbons (Fsp3) is 0.154. The Morgan fingerprint density at radius 2 is 1.68 bits per heavy atom. The third kappa shape index (κ3) is 3.70. The number of benzene rings is 3. The van der Waals surface area contributed by atoms with Crippen LogP contribution in [0.15, 0.2) is 83.8 Å². The number of rotatable bonds is 5. The van der Waals surface area contributed by atoms with Crippen LogP contribution in [-0.2, 0) is 6.42 Å². The topological polar surface area (TPSA) is 51.5 Å². The number of para-hydroxylation sites is 1. The molecule has 0 N–H and O–H groups in total. The molecule has 1 heterocycles. The second-order valence-corrected chi connectivity index (χ2v) is 7.31. The quantitative estimate of drug-likeness (QED) is 0.471. The summed E-state index contributed by atoms with van der Waals surface area (Å²) in [6.45, 7) is 2.06. The van der Waals surface area contributed by atoms with Gasteiger partial charge in [-0.3, -0.25) is 14.2 Å². The third-order valence-corrected chi connectivity index (χ3v) is 5.53. The summed E-state index contributed by atoms with van der Waals surface area (Å²) in [7, 11) is 3.35. The number of carbonyl (C=O) groups is 1. The molecule has 0 saturated carbocycles. The number of ether oxygens (including phenoxy) is 1. The van der Waals surface area contributed by atoms with Crippen LogP contribution < -0.4 is 15.2 Å². The van der Waals surface area contributed by atoms with E-state index >= 15 is 0 Å². The van der Waals surface area contributed by atoms with E-state index in [1.54, 1.807) is 37.4 Å². The van der Waals surface area contributed by atoms with Gasteiger partial charge < -0.3 is 9.64 Å². The van der Waals surface area contributed by atoms with Crippen LogP contribution in [0.2, 0.25) is 0 Å². The summed E-state index contributed by atoms with van der Waals surface area (Å²) >= 11 is 0. The van der Waals surface area contributed by atoms with Crippen molar-refractivity contribution in [2.24, 2.45) is 0 Å². The van der Waals surface area contributed by atoms with E-state index in [0.29, 0.717) is 27.8 Å². The third-order valence-electron chi connectivity index (χ3n) is 5.53. The van der Waals surface area contributed by atoms with Crippen molar-refractivity contribution in [2.75, 3.05) is 19.1 Å². The molecule has 31 heavy (non-hydrogen) atoms. The van der Waals surface area contributed by atoms with Gasteiger partial charge in [-0.2, -0.15) is 0 Å². The molecule has 0 radical (unpaired) electrons. The Kier molecular flexibility index (Phi) is 5.58. The average Bonchev–Trinajstić information content (AvgIpc) is 2.83. The number of nitrogens with zero attached hydrogens (tertiary/aromatic N) is 2. The highest BCUT2D eigenvalue weighted by Gasteiger charge is 2.21. The molecule has 156 valence electrons. The van der Waals surface area contributed by atoms with Crippen LogP contribution in [-0.4, -0.2) is 24.6 Å². The van der Waals surface area contributed by atoms with E-state index in [1.807, 2.05) is 60.7 Å². The zero-order valence-corrected chi connectivity index (χ0v) is 17.8. The number of methoxy groups -OCH3 is 1. The number of fused-ring (bicyclic) bond motifs is 1. The number of pyridine rings is 1. The van der Waals surface area contributed by atoms with Crippen LogP contribution in [0.4, 0.5) is 5.69 Å². The zero-order valence-electron chi connectivity index (χ0n) is 17.8. The van der Waals surface area contributed by atoms with Gasteiger partial charge in [-0.1, -0.05) is 49.4 Å². The lowest BCUT2D eigenvalue weighted by Gasteiger charge is -2.22. The first kappa shape index (κ1) is 20.4. The van der Waals surface area contributed by atoms with Gasteiger partial charge in [0.2, 0.25) is 0 Å². The van der Waals surface area contributed by atoms with Crippen molar-refractivity contribution in [1.82, 2.24) is 4.57 Å². The summed E-state index contributed by atoms with van der Waals surface area (Å²) < 4.78 is 6.82. The highest BCUT2D eigenvalue weighted by molar-refractivity contribution is 6.13. The summed E-state index contributed by atoms with van der Waals surface area (Å²) in [6.07, 6.45) is 2.45. The molecule has 5 heteroatoms. The smallest absolute Gasteiger partial charge is 0.262 e. The van der Waals surface area contributed by atoms with E-state index < -0.39 is 0 Å². The van der Waals surface area contributed by atoms with Gasteiger partial charge in [0, 0.05) is 35.8 Å². The maximum absolute atomic E-state index is 13.6. The number of aromatic nitrogens is 1. The Labute approximate surface area is 181 Å². The normalized spacial score (nSPS) is 10.8. The molecule has 0 bridgehead atoms. The lowest BCUT2D eigenvalue weighted by atomic mass is 10.0. The SMILES string of the molecule is CCc1ccccc1N(C)C(=O)c1cn(-c2cccc(OC)c2)c(=O)c2ccccc12. The number of carbonyl (C=O) groups excluding carboxylic acids is 1. The monoisotopic (exact) mass is 412 g/mol. The average molecular weight is 412 g/mol. The Morgan fingerprint density at radius 3 is 2.42 bits per heavy atom.